The fourth-order valence-corrected chi connectivity index (χ4v) is 7.90. The topological polar surface area (TPSA) is 43.2 Å². The zero-order valence-electron chi connectivity index (χ0n) is 32.1. The summed E-state index contributed by atoms with van der Waals surface area (Å²) in [6.07, 6.45) is 12.0. The van der Waals surface area contributed by atoms with Gasteiger partial charge in [0.1, 0.15) is 18.1 Å². The first kappa shape index (κ1) is 41.2. The van der Waals surface area contributed by atoms with E-state index in [-0.39, 0.29) is 10.8 Å². The summed E-state index contributed by atoms with van der Waals surface area (Å²) in [5.74, 6) is 1.77. The summed E-state index contributed by atoms with van der Waals surface area (Å²) in [5, 5.41) is 0.856. The van der Waals surface area contributed by atoms with Gasteiger partial charge in [-0.05, 0) is 99.6 Å². The van der Waals surface area contributed by atoms with Crippen LogP contribution in [0.15, 0.2) is 70.4 Å². The van der Waals surface area contributed by atoms with E-state index in [0.717, 1.165) is 48.9 Å². The van der Waals surface area contributed by atoms with Crippen molar-refractivity contribution in [1.29, 1.82) is 0 Å². The molecular weight excluding hydrogens is 695 g/mol. The Kier molecular flexibility index (Phi) is 13.2. The summed E-state index contributed by atoms with van der Waals surface area (Å²) in [7, 11) is 0.983. The highest BCUT2D eigenvalue weighted by atomic mass is 35.5. The zero-order chi connectivity index (χ0) is 38.6. The number of hydrogen-bond donors (Lipinski definition) is 0. The molecule has 284 valence electrons. The van der Waals surface area contributed by atoms with Crippen LogP contribution in [0.2, 0.25) is 0 Å². The number of benzene rings is 2. The maximum absolute atomic E-state index is 9.75. The number of hydrogen-bond acceptors (Lipinski definition) is 5. The molecule has 12 heteroatoms. The highest BCUT2D eigenvalue weighted by Crippen LogP contribution is 2.51. The van der Waals surface area contributed by atoms with Crippen molar-refractivity contribution in [2.75, 3.05) is 59.6 Å². The average Bonchev–Trinajstić information content (AvgIpc) is 3.42. The second-order valence-electron chi connectivity index (χ2n) is 14.4. The summed E-state index contributed by atoms with van der Waals surface area (Å²) < 4.78 is 63.8. The quantitative estimate of drug-likeness (QED) is 0.130. The summed E-state index contributed by atoms with van der Waals surface area (Å²) >= 11 is 7.23. The normalized spacial score (nSPS) is 19.4. The molecule has 5 rings (SSSR count). The number of ether oxygens (including phenoxy) is 4. The van der Waals surface area contributed by atoms with Gasteiger partial charge in [0.2, 0.25) is 5.69 Å². The van der Waals surface area contributed by atoms with Gasteiger partial charge in [0, 0.05) is 59.8 Å². The molecule has 52 heavy (non-hydrogen) atoms. The van der Waals surface area contributed by atoms with Crippen molar-refractivity contribution in [2.24, 2.45) is 0 Å². The van der Waals surface area contributed by atoms with Crippen molar-refractivity contribution in [3.05, 3.63) is 92.7 Å². The molecular formula is C40H52BClF4N2O4. The van der Waals surface area contributed by atoms with Crippen LogP contribution >= 0.6 is 11.6 Å². The maximum Gasteiger partial charge on any atom is 0.673 e. The minimum atomic E-state index is -6.00. The van der Waals surface area contributed by atoms with Crippen molar-refractivity contribution in [2.45, 2.75) is 71.6 Å². The van der Waals surface area contributed by atoms with Crippen LogP contribution < -0.4 is 14.4 Å². The Morgan fingerprint density at radius 3 is 2.00 bits per heavy atom. The van der Waals surface area contributed by atoms with Crippen LogP contribution in [0.3, 0.4) is 0 Å². The molecule has 0 spiro atoms. The predicted octanol–water partition coefficient (Wildman–Crippen LogP) is 10.1. The molecule has 0 aromatic heterocycles. The van der Waals surface area contributed by atoms with Gasteiger partial charge >= 0.3 is 7.25 Å². The van der Waals surface area contributed by atoms with Crippen molar-refractivity contribution in [3.8, 4) is 11.5 Å². The van der Waals surface area contributed by atoms with E-state index in [1.54, 1.807) is 28.4 Å². The smallest absolute Gasteiger partial charge is 0.497 e. The third kappa shape index (κ3) is 8.80. The molecule has 2 aromatic carbocycles. The molecule has 2 aromatic rings. The second-order valence-corrected chi connectivity index (χ2v) is 14.7. The van der Waals surface area contributed by atoms with Gasteiger partial charge < -0.3 is 41.1 Å². The highest BCUT2D eigenvalue weighted by molar-refractivity contribution is 6.50. The van der Waals surface area contributed by atoms with Crippen molar-refractivity contribution >= 4 is 35.9 Å². The van der Waals surface area contributed by atoms with Crippen LogP contribution in [0.4, 0.5) is 28.6 Å². The Hall–Kier alpha value is -3.54. The lowest BCUT2D eigenvalue weighted by atomic mass is 9.80. The number of aryl methyl sites for hydroxylation is 2. The minimum absolute atomic E-state index is 0.209. The number of anilines is 1. The number of rotatable bonds is 11. The highest BCUT2D eigenvalue weighted by Gasteiger charge is 2.46. The second kappa shape index (κ2) is 16.6. The summed E-state index contributed by atoms with van der Waals surface area (Å²) in [6, 6.07) is 8.60. The van der Waals surface area contributed by atoms with Gasteiger partial charge in [-0.15, -0.1) is 0 Å². The first-order valence-electron chi connectivity index (χ1n) is 17.5. The summed E-state index contributed by atoms with van der Waals surface area (Å²) in [5.41, 5.74) is 11.8. The lowest BCUT2D eigenvalue weighted by molar-refractivity contribution is -0.442. The Balaban J connectivity index is 0.00000113. The fraction of sp³-hybridized carbons (Fsp3) is 0.475. The van der Waals surface area contributed by atoms with E-state index in [0.29, 0.717) is 13.2 Å². The Morgan fingerprint density at radius 1 is 0.808 bits per heavy atom. The molecule has 0 unspecified atom stereocenters. The summed E-state index contributed by atoms with van der Waals surface area (Å²) in [6.45, 7) is 16.3. The number of methoxy groups -OCH3 is 4. The molecule has 3 aliphatic rings. The van der Waals surface area contributed by atoms with Gasteiger partial charge in [0.25, 0.3) is 0 Å². The standard InChI is InChI=1S/C40H52ClN2O4.BF4/c1-26-22-30(46-9)24-32-37(26)42(18-20-44-7)34(39(32,3)4)16-14-28-12-11-13-29(36(28)41)15-17-35-40(5,6)33-25-31(47-10)23-27(2)38(33)43(35)19-21-45-8;2-1(3,4)5/h14-17,22-25H,11-13,18-21H2,1-10H3;/q+1;-1. The minimum Gasteiger partial charge on any atom is -0.497 e. The lowest BCUT2D eigenvalue weighted by Gasteiger charge is -2.27. The molecule has 1 aliphatic carbocycles. The van der Waals surface area contributed by atoms with Crippen LogP contribution in [0.25, 0.3) is 0 Å². The van der Waals surface area contributed by atoms with E-state index >= 15 is 0 Å². The van der Waals surface area contributed by atoms with Crippen LogP contribution in [0.1, 0.15) is 69.2 Å². The Morgan fingerprint density at radius 2 is 1.40 bits per heavy atom. The molecule has 0 saturated carbocycles. The fourth-order valence-electron chi connectivity index (χ4n) is 7.58. The SMILES string of the molecule is COCCN1/C(=C\C=C2/CCCC(/C=C/C3=[N+](CCOC)c4c(C)cc(OC)cc4C3(C)C)=C2Cl)C(C)(C)c2cc(OC)cc(C)c21.F[B-](F)(F)F. The number of nitrogens with zero attached hydrogens (tertiary/aromatic N) is 2. The van der Waals surface area contributed by atoms with Crippen LogP contribution in [-0.4, -0.2) is 72.3 Å². The molecule has 6 nitrogen and oxygen atoms in total. The zero-order valence-corrected chi connectivity index (χ0v) is 32.8. The van der Waals surface area contributed by atoms with E-state index < -0.39 is 7.25 Å². The van der Waals surface area contributed by atoms with Gasteiger partial charge in [-0.3, -0.25) is 0 Å². The first-order chi connectivity index (χ1) is 24.4. The molecule has 0 radical (unpaired) electrons. The molecule has 0 atom stereocenters. The molecule has 0 saturated heterocycles. The van der Waals surface area contributed by atoms with Gasteiger partial charge in [-0.2, -0.15) is 4.58 Å². The third-order valence-electron chi connectivity index (χ3n) is 10.1. The van der Waals surface area contributed by atoms with E-state index in [2.05, 4.69) is 99.6 Å². The van der Waals surface area contributed by atoms with Gasteiger partial charge in [0.15, 0.2) is 12.3 Å². The Bertz CT molecular complexity index is 1810. The number of fused-ring (bicyclic) bond motifs is 2. The number of halogens is 5. The van der Waals surface area contributed by atoms with Gasteiger partial charge in [-0.1, -0.05) is 37.6 Å². The van der Waals surface area contributed by atoms with Crippen LogP contribution in [0.5, 0.6) is 11.5 Å². The average molecular weight is 747 g/mol. The molecule has 2 heterocycles. The maximum atomic E-state index is 9.75. The van der Waals surface area contributed by atoms with Gasteiger partial charge in [0.05, 0.1) is 26.2 Å². The van der Waals surface area contributed by atoms with E-state index in [9.17, 15) is 17.3 Å². The monoisotopic (exact) mass is 746 g/mol. The summed E-state index contributed by atoms with van der Waals surface area (Å²) in [4.78, 5) is 2.41. The third-order valence-corrected chi connectivity index (χ3v) is 10.6. The first-order valence-corrected chi connectivity index (χ1v) is 17.9. The van der Waals surface area contributed by atoms with E-state index in [4.69, 9.17) is 30.5 Å². The van der Waals surface area contributed by atoms with E-state index in [1.165, 1.54) is 56.2 Å². The van der Waals surface area contributed by atoms with Gasteiger partial charge in [-0.25, -0.2) is 0 Å². The largest absolute Gasteiger partial charge is 0.673 e. The number of allylic oxidation sites excluding steroid dienone is 8. The van der Waals surface area contributed by atoms with E-state index in [1.807, 2.05) is 0 Å². The molecule has 0 fully saturated rings. The molecule has 0 bridgehead atoms. The molecule has 2 aliphatic heterocycles. The van der Waals surface area contributed by atoms with Crippen molar-refractivity contribution < 1.29 is 40.8 Å². The molecule has 0 N–H and O–H groups in total. The lowest BCUT2D eigenvalue weighted by Crippen LogP contribution is -2.29. The van der Waals surface area contributed by atoms with Crippen molar-refractivity contribution in [3.63, 3.8) is 0 Å². The van der Waals surface area contributed by atoms with Crippen LogP contribution in [-0.2, 0) is 20.3 Å². The van der Waals surface area contributed by atoms with Crippen LogP contribution in [0, 0.1) is 13.8 Å². The Labute approximate surface area is 311 Å². The molecule has 0 amide bonds. The van der Waals surface area contributed by atoms with Crippen molar-refractivity contribution in [1.82, 2.24) is 0 Å². The predicted molar refractivity (Wildman–Crippen MR) is 205 cm³/mol.